The van der Waals surface area contributed by atoms with Gasteiger partial charge in [0.2, 0.25) is 5.91 Å². The monoisotopic (exact) mass is 511 g/mol. The lowest BCUT2D eigenvalue weighted by atomic mass is 9.92. The summed E-state index contributed by atoms with van der Waals surface area (Å²) in [6.07, 6.45) is 0. The van der Waals surface area contributed by atoms with Crippen molar-refractivity contribution in [2.45, 2.75) is 18.0 Å². The molecule has 1 fully saturated rings. The summed E-state index contributed by atoms with van der Waals surface area (Å²) in [5, 5.41) is 2.28. The molecule has 1 aliphatic rings. The average molecular weight is 512 g/mol. The molecule has 6 rings (SSSR count). The molecule has 1 saturated heterocycles. The number of hydrogen-bond donors (Lipinski definition) is 0. The molecule has 2 heterocycles. The van der Waals surface area contributed by atoms with E-state index >= 15 is 0 Å². The van der Waals surface area contributed by atoms with Gasteiger partial charge < -0.3 is 18.8 Å². The maximum atomic E-state index is 12.6. The molecular formula is C30H22ClNO5. The first-order valence-electron chi connectivity index (χ1n) is 11.8. The van der Waals surface area contributed by atoms with E-state index in [0.717, 1.165) is 33.0 Å². The largest absolute Gasteiger partial charge is 0.497 e. The summed E-state index contributed by atoms with van der Waals surface area (Å²) in [5.41, 5.74) is 2.53. The Balaban J connectivity index is 1.24. The van der Waals surface area contributed by atoms with Gasteiger partial charge in [0.25, 0.3) is 0 Å². The van der Waals surface area contributed by atoms with E-state index in [1.54, 1.807) is 12.0 Å². The Morgan fingerprint density at radius 1 is 0.892 bits per heavy atom. The first kappa shape index (κ1) is 23.1. The van der Waals surface area contributed by atoms with Crippen molar-refractivity contribution in [3.8, 4) is 11.5 Å². The number of carbonyl (C=O) groups excluding carboxylic acids is 1. The zero-order valence-corrected chi connectivity index (χ0v) is 20.6. The Morgan fingerprint density at radius 2 is 1.62 bits per heavy atom. The Kier molecular flexibility index (Phi) is 5.81. The van der Waals surface area contributed by atoms with Crippen LogP contribution in [0.1, 0.15) is 17.2 Å². The van der Waals surface area contributed by atoms with E-state index in [1.807, 2.05) is 84.9 Å². The van der Waals surface area contributed by atoms with E-state index in [9.17, 15) is 9.59 Å². The zero-order chi connectivity index (χ0) is 25.5. The molecule has 6 nitrogen and oxygen atoms in total. The molecule has 0 spiro atoms. The molecule has 184 valence electrons. The highest BCUT2D eigenvalue weighted by Gasteiger charge is 2.47. The molecule has 1 aliphatic heterocycles. The number of fused-ring (bicyclic) bond motifs is 3. The number of rotatable bonds is 6. The standard InChI is InChI=1S/C30H22ClNO5/c1-35-22-13-9-21(10-14-22)32-29(28(31)30(32)34)19-6-11-23(12-7-19)36-17-20-16-26(33)37-25-15-8-18-4-2-3-5-24(18)27(20)25/h2-16,28-29H,17H2,1H3. The number of anilines is 1. The maximum Gasteiger partial charge on any atom is 0.336 e. The van der Waals surface area contributed by atoms with Gasteiger partial charge in [0, 0.05) is 22.7 Å². The number of carbonyl (C=O) groups is 1. The summed E-state index contributed by atoms with van der Waals surface area (Å²) in [6.45, 7) is 0.202. The first-order valence-corrected chi connectivity index (χ1v) is 12.3. The van der Waals surface area contributed by atoms with Crippen molar-refractivity contribution in [2.24, 2.45) is 0 Å². The van der Waals surface area contributed by atoms with Crippen molar-refractivity contribution in [1.82, 2.24) is 0 Å². The van der Waals surface area contributed by atoms with Gasteiger partial charge in [-0.1, -0.05) is 42.5 Å². The molecule has 1 amide bonds. The highest BCUT2D eigenvalue weighted by molar-refractivity contribution is 6.37. The fourth-order valence-electron chi connectivity index (χ4n) is 4.86. The van der Waals surface area contributed by atoms with Crippen LogP contribution in [0.15, 0.2) is 100 Å². The van der Waals surface area contributed by atoms with Crippen LogP contribution in [0.4, 0.5) is 5.69 Å². The summed E-state index contributed by atoms with van der Waals surface area (Å²) in [7, 11) is 1.60. The smallest absolute Gasteiger partial charge is 0.336 e. The van der Waals surface area contributed by atoms with Crippen molar-refractivity contribution in [2.75, 3.05) is 12.0 Å². The van der Waals surface area contributed by atoms with Crippen molar-refractivity contribution >= 4 is 44.9 Å². The van der Waals surface area contributed by atoms with Crippen molar-refractivity contribution < 1.29 is 18.7 Å². The molecule has 37 heavy (non-hydrogen) atoms. The summed E-state index contributed by atoms with van der Waals surface area (Å²) < 4.78 is 16.7. The lowest BCUT2D eigenvalue weighted by Gasteiger charge is -2.44. The van der Waals surface area contributed by atoms with Crippen molar-refractivity contribution in [1.29, 1.82) is 0 Å². The minimum Gasteiger partial charge on any atom is -0.497 e. The van der Waals surface area contributed by atoms with Crippen LogP contribution >= 0.6 is 11.6 Å². The van der Waals surface area contributed by atoms with Crippen molar-refractivity contribution in [3.05, 3.63) is 113 Å². The molecule has 0 bridgehead atoms. The van der Waals surface area contributed by atoms with Crippen LogP contribution in [0.2, 0.25) is 0 Å². The van der Waals surface area contributed by atoms with Crippen LogP contribution in [0.5, 0.6) is 11.5 Å². The molecule has 2 atom stereocenters. The van der Waals surface area contributed by atoms with Crippen LogP contribution in [-0.4, -0.2) is 18.4 Å². The molecular weight excluding hydrogens is 490 g/mol. The molecule has 2 unspecified atom stereocenters. The van der Waals surface area contributed by atoms with Gasteiger partial charge in [-0.3, -0.25) is 4.79 Å². The number of ether oxygens (including phenoxy) is 2. The molecule has 5 aromatic rings. The topological polar surface area (TPSA) is 69.0 Å². The zero-order valence-electron chi connectivity index (χ0n) is 19.9. The summed E-state index contributed by atoms with van der Waals surface area (Å²) in [4.78, 5) is 26.4. The normalized spacial score (nSPS) is 17.1. The Bertz CT molecular complexity index is 1680. The molecule has 0 radical (unpaired) electrons. The predicted octanol–water partition coefficient (Wildman–Crippen LogP) is 6.23. The number of alkyl halides is 1. The number of β-lactam (4-membered cyclic amide) rings is 1. The van der Waals surface area contributed by atoms with Gasteiger partial charge in [0.15, 0.2) is 0 Å². The fourth-order valence-corrected chi connectivity index (χ4v) is 5.22. The number of hydrogen-bond acceptors (Lipinski definition) is 5. The minimum absolute atomic E-state index is 0.140. The van der Waals surface area contributed by atoms with E-state index < -0.39 is 11.0 Å². The lowest BCUT2D eigenvalue weighted by molar-refractivity contribution is -0.123. The third-order valence-electron chi connectivity index (χ3n) is 6.71. The fraction of sp³-hybridized carbons (Fsp3) is 0.133. The summed E-state index contributed by atoms with van der Waals surface area (Å²) in [5.74, 6) is 1.21. The second-order valence-electron chi connectivity index (χ2n) is 8.86. The van der Waals surface area contributed by atoms with Gasteiger partial charge in [-0.15, -0.1) is 11.6 Å². The lowest BCUT2D eigenvalue weighted by Crippen LogP contribution is -2.56. The van der Waals surface area contributed by atoms with Gasteiger partial charge in [0.05, 0.1) is 13.2 Å². The minimum atomic E-state index is -0.642. The van der Waals surface area contributed by atoms with Gasteiger partial charge in [-0.25, -0.2) is 4.79 Å². The molecule has 7 heteroatoms. The number of amides is 1. The average Bonchev–Trinajstić information content (AvgIpc) is 2.94. The number of halogens is 1. The predicted molar refractivity (Wildman–Crippen MR) is 144 cm³/mol. The van der Waals surface area contributed by atoms with Gasteiger partial charge >= 0.3 is 5.63 Å². The number of benzene rings is 4. The molecule has 0 saturated carbocycles. The Hall–Kier alpha value is -4.29. The molecule has 0 aliphatic carbocycles. The summed E-state index contributed by atoms with van der Waals surface area (Å²) in [6, 6.07) is 27.7. The van der Waals surface area contributed by atoms with Crippen LogP contribution < -0.4 is 20.0 Å². The Labute approximate surface area is 217 Å². The molecule has 4 aromatic carbocycles. The second kappa shape index (κ2) is 9.30. The van der Waals surface area contributed by atoms with Gasteiger partial charge in [-0.05, 0) is 58.8 Å². The first-order chi connectivity index (χ1) is 18.0. The SMILES string of the molecule is COc1ccc(N2C(=O)C(Cl)C2c2ccc(OCc3cc(=O)oc4ccc5ccccc5c34)cc2)cc1. The van der Waals surface area contributed by atoms with E-state index in [4.69, 9.17) is 25.5 Å². The third-order valence-corrected chi connectivity index (χ3v) is 7.14. The van der Waals surface area contributed by atoms with Gasteiger partial charge in [-0.2, -0.15) is 0 Å². The molecule has 0 N–H and O–H groups in total. The van der Waals surface area contributed by atoms with Crippen LogP contribution in [0, 0.1) is 0 Å². The van der Waals surface area contributed by atoms with Crippen LogP contribution in [0.25, 0.3) is 21.7 Å². The van der Waals surface area contributed by atoms with E-state index in [-0.39, 0.29) is 18.6 Å². The van der Waals surface area contributed by atoms with Crippen LogP contribution in [-0.2, 0) is 11.4 Å². The van der Waals surface area contributed by atoms with E-state index in [0.29, 0.717) is 17.1 Å². The molecule has 1 aromatic heterocycles. The second-order valence-corrected chi connectivity index (χ2v) is 9.33. The van der Waals surface area contributed by atoms with E-state index in [1.165, 1.54) is 6.07 Å². The number of methoxy groups -OCH3 is 1. The van der Waals surface area contributed by atoms with E-state index in [2.05, 4.69) is 0 Å². The third kappa shape index (κ3) is 4.09. The maximum absolute atomic E-state index is 12.6. The number of nitrogens with zero attached hydrogens (tertiary/aromatic N) is 1. The highest BCUT2D eigenvalue weighted by atomic mass is 35.5. The van der Waals surface area contributed by atoms with Crippen molar-refractivity contribution in [3.63, 3.8) is 0 Å². The Morgan fingerprint density at radius 3 is 2.38 bits per heavy atom. The van der Waals surface area contributed by atoms with Gasteiger partial charge in [0.1, 0.15) is 29.1 Å². The highest BCUT2D eigenvalue weighted by Crippen LogP contribution is 2.42. The quantitative estimate of drug-likeness (QED) is 0.117. The summed E-state index contributed by atoms with van der Waals surface area (Å²) >= 11 is 6.42. The van der Waals surface area contributed by atoms with Crippen LogP contribution in [0.3, 0.4) is 0 Å².